The summed E-state index contributed by atoms with van der Waals surface area (Å²) in [5.41, 5.74) is 8.91. The number of hydrogen-bond donors (Lipinski definition) is 0. The Hall–Kier alpha value is -2.95. The van der Waals surface area contributed by atoms with Crippen molar-refractivity contribution in [1.82, 2.24) is 14.7 Å². The van der Waals surface area contributed by atoms with Crippen molar-refractivity contribution < 1.29 is 8.78 Å². The quantitative estimate of drug-likeness (QED) is 0.330. The lowest BCUT2D eigenvalue weighted by Gasteiger charge is -2.23. The molecule has 2 heterocycles. The molecule has 0 saturated heterocycles. The molecule has 0 atom stereocenters. The van der Waals surface area contributed by atoms with Crippen LogP contribution in [0.3, 0.4) is 0 Å². The standard InChI is InChI=1S/C29H35F2N3/c1-20(2)34-13-7-10-23-12-11-22(15-25(23)19-34)8-5-6-9-24-16-27(26-17-32-33(4)18-26)28(29(30)31)14-21(24)3/h11-12,14-18,29H,1,5-10,13,19H2,2-4H3. The van der Waals surface area contributed by atoms with E-state index in [9.17, 15) is 8.78 Å². The maximum atomic E-state index is 13.7. The van der Waals surface area contributed by atoms with Gasteiger partial charge in [0.25, 0.3) is 6.43 Å². The SMILES string of the molecule is C=C(C)N1CCCc2ccc(CCCCc3cc(-c4cnn(C)c4)c(C(F)F)cc3C)cc2C1. The first kappa shape index (κ1) is 24.2. The van der Waals surface area contributed by atoms with Crippen LogP contribution in [0.5, 0.6) is 0 Å². The molecule has 0 saturated carbocycles. The van der Waals surface area contributed by atoms with Gasteiger partial charge in [-0.1, -0.05) is 30.8 Å². The minimum Gasteiger partial charge on any atom is -0.371 e. The highest BCUT2D eigenvalue weighted by Crippen LogP contribution is 2.34. The molecule has 5 heteroatoms. The molecule has 3 aromatic rings. The molecule has 1 aromatic heterocycles. The van der Waals surface area contributed by atoms with Crippen LogP contribution in [0.15, 0.2) is 55.0 Å². The van der Waals surface area contributed by atoms with Crippen molar-refractivity contribution in [3.8, 4) is 11.1 Å². The molecular formula is C29H35F2N3. The number of fused-ring (bicyclic) bond motifs is 1. The molecule has 34 heavy (non-hydrogen) atoms. The van der Waals surface area contributed by atoms with Crippen molar-refractivity contribution in [2.24, 2.45) is 7.05 Å². The predicted molar refractivity (Wildman–Crippen MR) is 135 cm³/mol. The lowest BCUT2D eigenvalue weighted by molar-refractivity contribution is 0.152. The summed E-state index contributed by atoms with van der Waals surface area (Å²) in [7, 11) is 1.80. The van der Waals surface area contributed by atoms with E-state index in [1.807, 2.05) is 13.0 Å². The van der Waals surface area contributed by atoms with Crippen molar-refractivity contribution in [3.63, 3.8) is 0 Å². The summed E-state index contributed by atoms with van der Waals surface area (Å²) < 4.78 is 29.1. The number of allylic oxidation sites excluding steroid dienone is 1. The average Bonchev–Trinajstić information content (AvgIpc) is 3.11. The third kappa shape index (κ3) is 5.57. The van der Waals surface area contributed by atoms with Crippen LogP contribution in [0.25, 0.3) is 11.1 Å². The molecule has 3 nitrogen and oxygen atoms in total. The maximum absolute atomic E-state index is 13.7. The third-order valence-electron chi connectivity index (χ3n) is 6.97. The Morgan fingerprint density at radius 2 is 1.91 bits per heavy atom. The first-order valence-electron chi connectivity index (χ1n) is 12.2. The van der Waals surface area contributed by atoms with E-state index >= 15 is 0 Å². The zero-order valence-corrected chi connectivity index (χ0v) is 20.6. The van der Waals surface area contributed by atoms with Gasteiger partial charge in [-0.15, -0.1) is 0 Å². The Labute approximate surface area is 202 Å². The Balaban J connectivity index is 1.42. The second-order valence-corrected chi connectivity index (χ2v) is 9.64. The minimum atomic E-state index is -2.50. The van der Waals surface area contributed by atoms with Gasteiger partial charge in [0.2, 0.25) is 0 Å². The molecule has 0 spiro atoms. The van der Waals surface area contributed by atoms with E-state index in [0.29, 0.717) is 5.56 Å². The van der Waals surface area contributed by atoms with Gasteiger partial charge in [-0.3, -0.25) is 4.68 Å². The summed E-state index contributed by atoms with van der Waals surface area (Å²) in [4.78, 5) is 2.38. The molecule has 180 valence electrons. The zero-order valence-electron chi connectivity index (χ0n) is 20.6. The van der Waals surface area contributed by atoms with E-state index in [1.165, 1.54) is 23.1 Å². The number of unbranched alkanes of at least 4 members (excludes halogenated alkanes) is 1. The van der Waals surface area contributed by atoms with Gasteiger partial charge in [0.15, 0.2) is 0 Å². The number of alkyl halides is 2. The van der Waals surface area contributed by atoms with Gasteiger partial charge in [-0.2, -0.15) is 5.10 Å². The maximum Gasteiger partial charge on any atom is 0.264 e. The highest BCUT2D eigenvalue weighted by atomic mass is 19.3. The molecule has 1 aliphatic rings. The zero-order chi connectivity index (χ0) is 24.2. The third-order valence-corrected chi connectivity index (χ3v) is 6.97. The molecule has 0 unspecified atom stereocenters. The van der Waals surface area contributed by atoms with E-state index in [-0.39, 0.29) is 5.56 Å². The Morgan fingerprint density at radius 1 is 1.12 bits per heavy atom. The highest BCUT2D eigenvalue weighted by molar-refractivity contribution is 5.68. The Bertz CT molecular complexity index is 1160. The fraction of sp³-hybridized carbons (Fsp3) is 0.414. The molecule has 1 aliphatic heterocycles. The van der Waals surface area contributed by atoms with E-state index in [4.69, 9.17) is 0 Å². The number of aromatic nitrogens is 2. The van der Waals surface area contributed by atoms with Crippen LogP contribution >= 0.6 is 0 Å². The normalized spacial score (nSPS) is 13.8. The van der Waals surface area contributed by atoms with Gasteiger partial charge in [-0.05, 0) is 91.8 Å². The number of aryl methyl sites for hydroxylation is 5. The largest absolute Gasteiger partial charge is 0.371 e. The fourth-order valence-corrected chi connectivity index (χ4v) is 4.98. The van der Waals surface area contributed by atoms with Crippen LogP contribution in [-0.2, 0) is 32.9 Å². The molecule has 4 rings (SSSR count). The van der Waals surface area contributed by atoms with Crippen LogP contribution in [0, 0.1) is 6.92 Å². The first-order chi connectivity index (χ1) is 16.3. The van der Waals surface area contributed by atoms with Gasteiger partial charge < -0.3 is 4.90 Å². The molecule has 2 aromatic carbocycles. The molecule has 0 fully saturated rings. The molecule has 0 aliphatic carbocycles. The average molecular weight is 464 g/mol. The molecular weight excluding hydrogens is 428 g/mol. The van der Waals surface area contributed by atoms with E-state index in [0.717, 1.165) is 67.6 Å². The number of nitrogens with zero attached hydrogens (tertiary/aromatic N) is 3. The molecule has 0 N–H and O–H groups in total. The van der Waals surface area contributed by atoms with Crippen molar-refractivity contribution >= 4 is 0 Å². The van der Waals surface area contributed by atoms with Crippen molar-refractivity contribution in [3.05, 3.63) is 88.4 Å². The van der Waals surface area contributed by atoms with Gasteiger partial charge in [-0.25, -0.2) is 8.78 Å². The van der Waals surface area contributed by atoms with Crippen LogP contribution in [-0.4, -0.2) is 21.2 Å². The summed E-state index contributed by atoms with van der Waals surface area (Å²) in [5.74, 6) is 0. The molecule has 0 radical (unpaired) electrons. The predicted octanol–water partition coefficient (Wildman–Crippen LogP) is 7.18. The van der Waals surface area contributed by atoms with Crippen molar-refractivity contribution in [2.75, 3.05) is 6.54 Å². The van der Waals surface area contributed by atoms with Crippen LogP contribution in [0.2, 0.25) is 0 Å². The summed E-state index contributed by atoms with van der Waals surface area (Å²) in [6.45, 7) is 10.2. The van der Waals surface area contributed by atoms with Gasteiger partial charge in [0, 0.05) is 43.2 Å². The minimum absolute atomic E-state index is 0.0861. The summed E-state index contributed by atoms with van der Waals surface area (Å²) >= 11 is 0. The highest BCUT2D eigenvalue weighted by Gasteiger charge is 2.18. The second kappa shape index (κ2) is 10.5. The Kier molecular flexibility index (Phi) is 7.50. The first-order valence-corrected chi connectivity index (χ1v) is 12.2. The molecule has 0 bridgehead atoms. The number of halogens is 2. The van der Waals surface area contributed by atoms with Crippen LogP contribution in [0.4, 0.5) is 8.78 Å². The van der Waals surface area contributed by atoms with Gasteiger partial charge in [0.1, 0.15) is 0 Å². The lowest BCUT2D eigenvalue weighted by Crippen LogP contribution is -2.20. The summed E-state index contributed by atoms with van der Waals surface area (Å²) in [5, 5.41) is 4.17. The fourth-order valence-electron chi connectivity index (χ4n) is 4.98. The van der Waals surface area contributed by atoms with Gasteiger partial charge >= 0.3 is 0 Å². The monoisotopic (exact) mass is 463 g/mol. The topological polar surface area (TPSA) is 21.1 Å². The van der Waals surface area contributed by atoms with Crippen LogP contribution < -0.4 is 0 Å². The number of rotatable bonds is 8. The van der Waals surface area contributed by atoms with Crippen molar-refractivity contribution in [1.29, 1.82) is 0 Å². The summed E-state index contributed by atoms with van der Waals surface area (Å²) in [6.07, 6.45) is 7.27. The van der Waals surface area contributed by atoms with E-state index < -0.39 is 6.43 Å². The van der Waals surface area contributed by atoms with Crippen LogP contribution in [0.1, 0.15) is 66.0 Å². The van der Waals surface area contributed by atoms with Gasteiger partial charge in [0.05, 0.1) is 6.20 Å². The van der Waals surface area contributed by atoms with E-state index in [2.05, 4.69) is 41.7 Å². The summed E-state index contributed by atoms with van der Waals surface area (Å²) in [6, 6.07) is 10.6. The number of benzene rings is 2. The smallest absolute Gasteiger partial charge is 0.264 e. The molecule has 0 amide bonds. The number of hydrogen-bond acceptors (Lipinski definition) is 2. The lowest BCUT2D eigenvalue weighted by atomic mass is 9.92. The van der Waals surface area contributed by atoms with Crippen molar-refractivity contribution in [2.45, 2.75) is 65.3 Å². The second-order valence-electron chi connectivity index (χ2n) is 9.64. The van der Waals surface area contributed by atoms with E-state index in [1.54, 1.807) is 30.2 Å². The Morgan fingerprint density at radius 3 is 2.62 bits per heavy atom.